The van der Waals surface area contributed by atoms with Gasteiger partial charge in [-0.05, 0) is 24.1 Å². The van der Waals surface area contributed by atoms with Crippen molar-refractivity contribution in [1.29, 1.82) is 0 Å². The molecule has 27 heavy (non-hydrogen) atoms. The predicted molar refractivity (Wildman–Crippen MR) is 105 cm³/mol. The van der Waals surface area contributed by atoms with E-state index in [0.29, 0.717) is 6.54 Å². The standard InChI is InChI=1S/C19H27N7O/c1-14(2)18(27)25-9-8-16(11-25)24-19(20-3)22-10-15-4-6-17(7-5-15)26-13-21-12-23-26/h4-7,12-14,16H,8-11H2,1-3H3,(H2,20,22,24). The minimum Gasteiger partial charge on any atom is -0.352 e. The minimum atomic E-state index is 0.0432. The molecule has 8 heteroatoms. The lowest BCUT2D eigenvalue weighted by Gasteiger charge is -2.20. The van der Waals surface area contributed by atoms with E-state index in [9.17, 15) is 4.79 Å². The van der Waals surface area contributed by atoms with Gasteiger partial charge in [-0.1, -0.05) is 26.0 Å². The molecule has 144 valence electrons. The number of nitrogens with one attached hydrogen (secondary N) is 2. The number of hydrogen-bond donors (Lipinski definition) is 2. The Labute approximate surface area is 159 Å². The van der Waals surface area contributed by atoms with E-state index in [4.69, 9.17) is 0 Å². The summed E-state index contributed by atoms with van der Waals surface area (Å²) in [6.45, 7) is 6.08. The molecule has 0 radical (unpaired) electrons. The Bertz CT molecular complexity index is 768. The van der Waals surface area contributed by atoms with Gasteiger partial charge in [0.05, 0.1) is 5.69 Å². The van der Waals surface area contributed by atoms with Crippen LogP contribution in [0.25, 0.3) is 5.69 Å². The molecule has 2 heterocycles. The van der Waals surface area contributed by atoms with Gasteiger partial charge >= 0.3 is 0 Å². The fourth-order valence-electron chi connectivity index (χ4n) is 3.13. The summed E-state index contributed by atoms with van der Waals surface area (Å²) in [5, 5.41) is 10.9. The lowest BCUT2D eigenvalue weighted by molar-refractivity contribution is -0.133. The minimum absolute atomic E-state index is 0.0432. The van der Waals surface area contributed by atoms with Crippen LogP contribution in [0, 0.1) is 5.92 Å². The zero-order valence-electron chi connectivity index (χ0n) is 16.1. The molecule has 0 bridgehead atoms. The van der Waals surface area contributed by atoms with Crippen molar-refractivity contribution in [3.8, 4) is 5.69 Å². The normalized spacial score (nSPS) is 17.4. The van der Waals surface area contributed by atoms with Crippen LogP contribution in [0.5, 0.6) is 0 Å². The SMILES string of the molecule is CN=C(NCc1ccc(-n2cncn2)cc1)NC1CCN(C(=O)C(C)C)C1. The molecule has 0 saturated carbocycles. The highest BCUT2D eigenvalue weighted by Crippen LogP contribution is 2.13. The Morgan fingerprint density at radius 1 is 1.33 bits per heavy atom. The zero-order chi connectivity index (χ0) is 19.2. The Morgan fingerprint density at radius 2 is 2.11 bits per heavy atom. The first-order chi connectivity index (χ1) is 13.1. The summed E-state index contributed by atoms with van der Waals surface area (Å²) in [6.07, 6.45) is 4.13. The molecule has 1 amide bonds. The number of amides is 1. The van der Waals surface area contributed by atoms with E-state index in [-0.39, 0.29) is 17.9 Å². The van der Waals surface area contributed by atoms with Crippen molar-refractivity contribution >= 4 is 11.9 Å². The van der Waals surface area contributed by atoms with Crippen LogP contribution >= 0.6 is 0 Å². The number of carbonyl (C=O) groups excluding carboxylic acids is 1. The summed E-state index contributed by atoms with van der Waals surface area (Å²) in [4.78, 5) is 22.3. The number of rotatable bonds is 5. The third-order valence-corrected chi connectivity index (χ3v) is 4.64. The molecule has 1 fully saturated rings. The van der Waals surface area contributed by atoms with E-state index in [1.807, 2.05) is 30.9 Å². The summed E-state index contributed by atoms with van der Waals surface area (Å²) in [7, 11) is 1.76. The molecule has 1 saturated heterocycles. The number of aliphatic imine (C=N–C) groups is 1. The Kier molecular flexibility index (Phi) is 6.05. The van der Waals surface area contributed by atoms with E-state index < -0.39 is 0 Å². The molecular weight excluding hydrogens is 342 g/mol. The summed E-state index contributed by atoms with van der Waals surface area (Å²) >= 11 is 0. The fraction of sp³-hybridized carbons (Fsp3) is 0.474. The molecule has 1 aliphatic heterocycles. The Hall–Kier alpha value is -2.90. The topological polar surface area (TPSA) is 87.4 Å². The van der Waals surface area contributed by atoms with E-state index >= 15 is 0 Å². The lowest BCUT2D eigenvalue weighted by atomic mass is 10.2. The summed E-state index contributed by atoms with van der Waals surface area (Å²) in [5.41, 5.74) is 2.12. The highest BCUT2D eigenvalue weighted by molar-refractivity contribution is 5.81. The Morgan fingerprint density at radius 3 is 2.74 bits per heavy atom. The molecule has 3 rings (SSSR count). The highest BCUT2D eigenvalue weighted by atomic mass is 16.2. The summed E-state index contributed by atoms with van der Waals surface area (Å²) < 4.78 is 1.72. The van der Waals surface area contributed by atoms with Crippen LogP contribution in [0.15, 0.2) is 41.9 Å². The number of likely N-dealkylation sites (tertiary alicyclic amines) is 1. The van der Waals surface area contributed by atoms with Gasteiger partial charge in [0.25, 0.3) is 0 Å². The molecule has 2 aromatic rings. The van der Waals surface area contributed by atoms with Crippen molar-refractivity contribution in [2.24, 2.45) is 10.9 Å². The maximum absolute atomic E-state index is 12.1. The third-order valence-electron chi connectivity index (χ3n) is 4.64. The first-order valence-electron chi connectivity index (χ1n) is 9.26. The molecule has 1 aromatic heterocycles. The number of guanidine groups is 1. The number of benzene rings is 1. The van der Waals surface area contributed by atoms with Gasteiger partial charge in [-0.25, -0.2) is 9.67 Å². The van der Waals surface area contributed by atoms with Gasteiger partial charge in [-0.2, -0.15) is 5.10 Å². The highest BCUT2D eigenvalue weighted by Gasteiger charge is 2.27. The number of aromatic nitrogens is 3. The predicted octanol–water partition coefficient (Wildman–Crippen LogP) is 1.19. The molecule has 2 N–H and O–H groups in total. The fourth-order valence-corrected chi connectivity index (χ4v) is 3.13. The van der Waals surface area contributed by atoms with Crippen LogP contribution in [0.4, 0.5) is 0 Å². The maximum Gasteiger partial charge on any atom is 0.225 e. The van der Waals surface area contributed by atoms with E-state index in [2.05, 4.69) is 37.8 Å². The molecular formula is C19H27N7O. The summed E-state index contributed by atoms with van der Waals surface area (Å²) in [5.74, 6) is 1.01. The van der Waals surface area contributed by atoms with Crippen LogP contribution < -0.4 is 10.6 Å². The van der Waals surface area contributed by atoms with Crippen LogP contribution in [-0.2, 0) is 11.3 Å². The van der Waals surface area contributed by atoms with Gasteiger partial charge in [0.2, 0.25) is 5.91 Å². The van der Waals surface area contributed by atoms with Gasteiger partial charge in [0.15, 0.2) is 5.96 Å². The number of hydrogen-bond acceptors (Lipinski definition) is 4. The second-order valence-electron chi connectivity index (χ2n) is 7.00. The molecule has 1 aliphatic rings. The average molecular weight is 369 g/mol. The van der Waals surface area contributed by atoms with E-state index in [1.165, 1.54) is 6.33 Å². The van der Waals surface area contributed by atoms with Gasteiger partial charge in [-0.3, -0.25) is 9.79 Å². The lowest BCUT2D eigenvalue weighted by Crippen LogP contribution is -2.45. The van der Waals surface area contributed by atoms with Crippen molar-refractivity contribution < 1.29 is 4.79 Å². The number of carbonyl (C=O) groups is 1. The largest absolute Gasteiger partial charge is 0.352 e. The monoisotopic (exact) mass is 369 g/mol. The van der Waals surface area contributed by atoms with E-state index in [0.717, 1.165) is 36.7 Å². The second kappa shape index (κ2) is 8.66. The third kappa shape index (κ3) is 4.84. The summed E-state index contributed by atoms with van der Waals surface area (Å²) in [6, 6.07) is 8.35. The van der Waals surface area contributed by atoms with Crippen LogP contribution in [0.1, 0.15) is 25.8 Å². The Balaban J connectivity index is 1.49. The average Bonchev–Trinajstić information content (AvgIpc) is 3.37. The van der Waals surface area contributed by atoms with Crippen molar-refractivity contribution in [2.75, 3.05) is 20.1 Å². The van der Waals surface area contributed by atoms with Crippen molar-refractivity contribution in [2.45, 2.75) is 32.9 Å². The molecule has 1 aromatic carbocycles. The molecule has 0 spiro atoms. The van der Waals surface area contributed by atoms with Crippen molar-refractivity contribution in [1.82, 2.24) is 30.3 Å². The van der Waals surface area contributed by atoms with Crippen LogP contribution in [-0.4, -0.2) is 57.7 Å². The first kappa shape index (κ1) is 18.9. The molecule has 1 atom stereocenters. The quantitative estimate of drug-likeness (QED) is 0.611. The van der Waals surface area contributed by atoms with Gasteiger partial charge in [-0.15, -0.1) is 0 Å². The van der Waals surface area contributed by atoms with Gasteiger partial charge in [0, 0.05) is 38.6 Å². The first-order valence-corrected chi connectivity index (χ1v) is 9.26. The zero-order valence-corrected chi connectivity index (χ0v) is 16.1. The van der Waals surface area contributed by atoms with Crippen molar-refractivity contribution in [3.05, 3.63) is 42.5 Å². The molecule has 8 nitrogen and oxygen atoms in total. The second-order valence-corrected chi connectivity index (χ2v) is 7.00. The van der Waals surface area contributed by atoms with Gasteiger partial charge in [0.1, 0.15) is 12.7 Å². The van der Waals surface area contributed by atoms with Crippen molar-refractivity contribution in [3.63, 3.8) is 0 Å². The smallest absolute Gasteiger partial charge is 0.225 e. The van der Waals surface area contributed by atoms with Gasteiger partial charge < -0.3 is 15.5 Å². The number of nitrogens with zero attached hydrogens (tertiary/aromatic N) is 5. The van der Waals surface area contributed by atoms with Crippen LogP contribution in [0.3, 0.4) is 0 Å². The van der Waals surface area contributed by atoms with E-state index in [1.54, 1.807) is 18.1 Å². The maximum atomic E-state index is 12.1. The molecule has 1 unspecified atom stereocenters. The molecule has 0 aliphatic carbocycles. The van der Waals surface area contributed by atoms with Crippen LogP contribution in [0.2, 0.25) is 0 Å².